The normalized spacial score (nSPS) is 31.4. The van der Waals surface area contributed by atoms with E-state index in [0.717, 1.165) is 0 Å². The van der Waals surface area contributed by atoms with Gasteiger partial charge < -0.3 is 29.7 Å². The van der Waals surface area contributed by atoms with Gasteiger partial charge in [0, 0.05) is 0 Å². The van der Waals surface area contributed by atoms with Crippen molar-refractivity contribution in [2.24, 2.45) is 0 Å². The Bertz CT molecular complexity index is 379. The van der Waals surface area contributed by atoms with Gasteiger partial charge in [0.15, 0.2) is 6.04 Å². The molecule has 0 aromatic carbocycles. The van der Waals surface area contributed by atoms with Gasteiger partial charge in [-0.25, -0.2) is 9.59 Å². The summed E-state index contributed by atoms with van der Waals surface area (Å²) in [5.41, 5.74) is -0.701. The van der Waals surface area contributed by atoms with E-state index >= 15 is 0 Å². The van der Waals surface area contributed by atoms with Crippen molar-refractivity contribution >= 4 is 12.1 Å². The van der Waals surface area contributed by atoms with Gasteiger partial charge in [0.2, 0.25) is 0 Å². The van der Waals surface area contributed by atoms with Crippen molar-refractivity contribution in [2.75, 3.05) is 13.2 Å². The third-order valence-corrected chi connectivity index (χ3v) is 2.73. The molecule has 0 aromatic heterocycles. The number of carbonyl (C=O) groups is 2. The number of alkyl carbamates (subject to hydrolysis) is 1. The fourth-order valence-electron chi connectivity index (χ4n) is 1.67. The molecule has 1 amide bonds. The lowest BCUT2D eigenvalue weighted by Gasteiger charge is -2.24. The first-order valence-electron chi connectivity index (χ1n) is 6.74. The number of amides is 1. The number of ether oxygens (including phenoxy) is 3. The van der Waals surface area contributed by atoms with Crippen LogP contribution in [0, 0.1) is 0 Å². The van der Waals surface area contributed by atoms with E-state index in [-0.39, 0.29) is 13.2 Å². The molecule has 0 saturated carbocycles. The van der Waals surface area contributed by atoms with Gasteiger partial charge >= 0.3 is 12.1 Å². The Morgan fingerprint density at radius 1 is 1.33 bits per heavy atom. The third-order valence-electron chi connectivity index (χ3n) is 2.73. The number of carbonyl (C=O) groups excluding carboxylic acids is 2. The van der Waals surface area contributed by atoms with Gasteiger partial charge in [-0.2, -0.15) is 0 Å². The maximum Gasteiger partial charge on any atom is 0.408 e. The topological polar surface area (TPSA) is 114 Å². The first kappa shape index (κ1) is 17.7. The molecule has 8 heteroatoms. The molecule has 0 aliphatic carbocycles. The van der Waals surface area contributed by atoms with E-state index in [9.17, 15) is 19.8 Å². The van der Waals surface area contributed by atoms with Gasteiger partial charge in [-0.15, -0.1) is 0 Å². The van der Waals surface area contributed by atoms with Crippen LogP contribution < -0.4 is 5.32 Å². The molecule has 1 heterocycles. The van der Waals surface area contributed by atoms with E-state index in [0.29, 0.717) is 0 Å². The average Bonchev–Trinajstić information content (AvgIpc) is 2.36. The second-order valence-corrected chi connectivity index (χ2v) is 5.94. The van der Waals surface area contributed by atoms with Crippen molar-refractivity contribution in [1.82, 2.24) is 5.32 Å². The first-order chi connectivity index (χ1) is 9.60. The van der Waals surface area contributed by atoms with Crippen LogP contribution in [0.5, 0.6) is 0 Å². The van der Waals surface area contributed by atoms with Crippen LogP contribution in [-0.4, -0.2) is 65.4 Å². The first-order valence-corrected chi connectivity index (χ1v) is 6.74. The Morgan fingerprint density at radius 2 is 1.95 bits per heavy atom. The fourth-order valence-corrected chi connectivity index (χ4v) is 1.67. The lowest BCUT2D eigenvalue weighted by molar-refractivity contribution is -0.158. The molecule has 1 rings (SSSR count). The van der Waals surface area contributed by atoms with Gasteiger partial charge in [0.05, 0.1) is 13.2 Å². The summed E-state index contributed by atoms with van der Waals surface area (Å²) in [5, 5.41) is 21.6. The Labute approximate surface area is 123 Å². The molecule has 3 N–H and O–H groups in total. The van der Waals surface area contributed by atoms with Crippen molar-refractivity contribution in [3.8, 4) is 0 Å². The summed E-state index contributed by atoms with van der Waals surface area (Å²) in [6.07, 6.45) is -4.12. The summed E-state index contributed by atoms with van der Waals surface area (Å²) in [4.78, 5) is 23.6. The molecule has 1 saturated heterocycles. The summed E-state index contributed by atoms with van der Waals surface area (Å²) < 4.78 is 15.2. The average molecular weight is 305 g/mol. The van der Waals surface area contributed by atoms with Gasteiger partial charge in [0.1, 0.15) is 23.9 Å². The van der Waals surface area contributed by atoms with E-state index in [2.05, 4.69) is 5.32 Å². The van der Waals surface area contributed by atoms with Gasteiger partial charge in [-0.05, 0) is 27.7 Å². The number of esters is 1. The minimum atomic E-state index is -1.26. The van der Waals surface area contributed by atoms with Crippen LogP contribution in [-0.2, 0) is 19.0 Å². The molecular weight excluding hydrogens is 282 g/mol. The number of aliphatic hydroxyl groups is 2. The number of hydrogen-bond acceptors (Lipinski definition) is 7. The lowest BCUT2D eigenvalue weighted by Crippen LogP contribution is -2.47. The van der Waals surface area contributed by atoms with E-state index < -0.39 is 42.0 Å². The number of aliphatic hydroxyl groups excluding tert-OH is 2. The highest BCUT2D eigenvalue weighted by molar-refractivity contribution is 5.81. The van der Waals surface area contributed by atoms with Crippen LogP contribution >= 0.6 is 0 Å². The van der Waals surface area contributed by atoms with Crippen LogP contribution in [0.4, 0.5) is 4.79 Å². The molecule has 0 aromatic rings. The molecule has 0 bridgehead atoms. The Morgan fingerprint density at radius 3 is 2.52 bits per heavy atom. The summed E-state index contributed by atoms with van der Waals surface area (Å²) in [6, 6.07) is -1.07. The second-order valence-electron chi connectivity index (χ2n) is 5.94. The summed E-state index contributed by atoms with van der Waals surface area (Å²) >= 11 is 0. The standard InChI is InChI=1S/C13H23NO7/c1-7-10(16)9(15)6-19-5-8(11(17)20-7)14-12(18)21-13(2,3)4/h7-10,15-16H,5-6H2,1-4H3,(H,14,18). The van der Waals surface area contributed by atoms with Crippen LogP contribution in [0.15, 0.2) is 0 Å². The SMILES string of the molecule is CC1OC(=O)C(NC(=O)OC(C)(C)C)COCC(O)C1O. The van der Waals surface area contributed by atoms with Gasteiger partial charge in [-0.1, -0.05) is 0 Å². The molecular formula is C13H23NO7. The number of cyclic esters (lactones) is 1. The zero-order valence-electron chi connectivity index (χ0n) is 12.7. The van der Waals surface area contributed by atoms with Crippen LogP contribution in [0.25, 0.3) is 0 Å². The van der Waals surface area contributed by atoms with E-state index in [1.54, 1.807) is 20.8 Å². The van der Waals surface area contributed by atoms with Crippen molar-refractivity contribution in [1.29, 1.82) is 0 Å². The molecule has 4 unspecified atom stereocenters. The Hall–Kier alpha value is -1.38. The van der Waals surface area contributed by atoms with Crippen molar-refractivity contribution in [2.45, 2.75) is 57.6 Å². The highest BCUT2D eigenvalue weighted by Crippen LogP contribution is 2.11. The summed E-state index contributed by atoms with van der Waals surface area (Å²) in [7, 11) is 0. The van der Waals surface area contributed by atoms with Crippen LogP contribution in [0.2, 0.25) is 0 Å². The summed E-state index contributed by atoms with van der Waals surface area (Å²) in [6.45, 7) is 6.17. The smallest absolute Gasteiger partial charge is 0.408 e. The zero-order valence-corrected chi connectivity index (χ0v) is 12.7. The highest BCUT2D eigenvalue weighted by Gasteiger charge is 2.33. The molecule has 8 nitrogen and oxygen atoms in total. The number of hydrogen-bond donors (Lipinski definition) is 3. The number of nitrogens with one attached hydrogen (secondary N) is 1. The predicted octanol–water partition coefficient (Wildman–Crippen LogP) is -0.437. The molecule has 0 spiro atoms. The Balaban J connectivity index is 2.68. The molecule has 1 aliphatic rings. The van der Waals surface area contributed by atoms with Crippen molar-refractivity contribution in [3.63, 3.8) is 0 Å². The monoisotopic (exact) mass is 305 g/mol. The second kappa shape index (κ2) is 7.06. The van der Waals surface area contributed by atoms with E-state index in [4.69, 9.17) is 14.2 Å². The van der Waals surface area contributed by atoms with Crippen molar-refractivity contribution < 1.29 is 34.0 Å². The van der Waals surface area contributed by atoms with E-state index in [1.807, 2.05) is 0 Å². The lowest BCUT2D eigenvalue weighted by atomic mass is 10.1. The fraction of sp³-hybridized carbons (Fsp3) is 0.846. The predicted molar refractivity (Wildman–Crippen MR) is 71.5 cm³/mol. The van der Waals surface area contributed by atoms with Crippen molar-refractivity contribution in [3.05, 3.63) is 0 Å². The molecule has 0 radical (unpaired) electrons. The Kier molecular flexibility index (Phi) is 5.94. The van der Waals surface area contributed by atoms with E-state index in [1.165, 1.54) is 6.92 Å². The number of rotatable bonds is 1. The molecule has 1 aliphatic heterocycles. The van der Waals surface area contributed by atoms with Gasteiger partial charge in [0.25, 0.3) is 0 Å². The van der Waals surface area contributed by atoms with Crippen LogP contribution in [0.3, 0.4) is 0 Å². The molecule has 21 heavy (non-hydrogen) atoms. The minimum absolute atomic E-state index is 0.172. The highest BCUT2D eigenvalue weighted by atomic mass is 16.6. The van der Waals surface area contributed by atoms with Gasteiger partial charge in [-0.3, -0.25) is 0 Å². The largest absolute Gasteiger partial charge is 0.458 e. The van der Waals surface area contributed by atoms with Crippen LogP contribution in [0.1, 0.15) is 27.7 Å². The maximum atomic E-state index is 11.9. The molecule has 4 atom stereocenters. The maximum absolute atomic E-state index is 11.9. The molecule has 1 fully saturated rings. The third kappa shape index (κ3) is 5.86. The molecule has 122 valence electrons. The zero-order chi connectivity index (χ0) is 16.2. The minimum Gasteiger partial charge on any atom is -0.458 e. The summed E-state index contributed by atoms with van der Waals surface area (Å²) in [5.74, 6) is -0.762. The quantitative estimate of drug-likeness (QED) is 0.563.